The number of carbonyl (C=O) groups excluding carboxylic acids is 1. The molecule has 0 radical (unpaired) electrons. The van der Waals surface area contributed by atoms with E-state index in [2.05, 4.69) is 16.5 Å². The third-order valence-electron chi connectivity index (χ3n) is 6.42. The molecule has 5 rings (SSSR count). The van der Waals surface area contributed by atoms with Crippen molar-refractivity contribution in [3.05, 3.63) is 100 Å². The Labute approximate surface area is 219 Å². The van der Waals surface area contributed by atoms with Crippen LogP contribution in [0.25, 0.3) is 16.8 Å². The van der Waals surface area contributed by atoms with Gasteiger partial charge in [0.25, 0.3) is 0 Å². The van der Waals surface area contributed by atoms with E-state index in [9.17, 15) is 10.1 Å². The van der Waals surface area contributed by atoms with Gasteiger partial charge in [-0.25, -0.2) is 9.48 Å². The number of aromatic nitrogens is 2. The first kappa shape index (κ1) is 23.9. The van der Waals surface area contributed by atoms with Crippen molar-refractivity contribution in [2.45, 2.75) is 31.3 Å². The van der Waals surface area contributed by atoms with Gasteiger partial charge in [-0.15, -0.1) is 0 Å². The van der Waals surface area contributed by atoms with Crippen LogP contribution in [0.5, 0.6) is 0 Å². The van der Waals surface area contributed by atoms with E-state index < -0.39 is 12.2 Å². The Hall–Kier alpha value is -3.79. The fraction of sp³-hybridized carbons (Fsp3) is 0.179. The molecule has 1 aromatic heterocycles. The van der Waals surface area contributed by atoms with Crippen molar-refractivity contribution < 1.29 is 9.53 Å². The largest absolute Gasteiger partial charge is 0.441 e. The maximum absolute atomic E-state index is 12.6. The third-order valence-corrected chi connectivity index (χ3v) is 7.04. The number of nitrogens with zero attached hydrogens (tertiary/aromatic N) is 3. The van der Waals surface area contributed by atoms with E-state index in [4.69, 9.17) is 27.9 Å². The number of ether oxygens (including phenoxy) is 1. The number of anilines is 1. The smallest absolute Gasteiger partial charge is 0.413 e. The number of hydrogen-bond acceptors (Lipinski definition) is 4. The average Bonchev–Trinajstić information content (AvgIpc) is 3.62. The number of benzene rings is 3. The minimum atomic E-state index is -0.673. The summed E-state index contributed by atoms with van der Waals surface area (Å²) in [6, 6.07) is 25.5. The number of halogens is 2. The normalized spacial score (nSPS) is 14.5. The summed E-state index contributed by atoms with van der Waals surface area (Å²) in [4.78, 5) is 12.6. The van der Waals surface area contributed by atoms with Gasteiger partial charge in [0.05, 0.1) is 23.4 Å². The first-order valence-electron chi connectivity index (χ1n) is 11.5. The molecule has 1 aliphatic rings. The molecule has 1 atom stereocenters. The van der Waals surface area contributed by atoms with Gasteiger partial charge in [-0.05, 0) is 54.7 Å². The van der Waals surface area contributed by atoms with Crippen molar-refractivity contribution in [1.82, 2.24) is 9.78 Å². The second-order valence-corrected chi connectivity index (χ2v) is 9.58. The van der Waals surface area contributed by atoms with Crippen LogP contribution in [0.2, 0.25) is 10.0 Å². The quantitative estimate of drug-likeness (QED) is 0.284. The number of nitrogens with one attached hydrogen (secondary N) is 1. The highest BCUT2D eigenvalue weighted by atomic mass is 35.5. The van der Waals surface area contributed by atoms with Gasteiger partial charge in [0.2, 0.25) is 0 Å². The Morgan fingerprint density at radius 2 is 1.67 bits per heavy atom. The molecule has 36 heavy (non-hydrogen) atoms. The van der Waals surface area contributed by atoms with Crippen LogP contribution < -0.4 is 5.32 Å². The van der Waals surface area contributed by atoms with Crippen molar-refractivity contribution in [2.24, 2.45) is 0 Å². The Morgan fingerprint density at radius 3 is 2.28 bits per heavy atom. The number of hydrogen-bond donors (Lipinski definition) is 1. The molecule has 6 nitrogen and oxygen atoms in total. The molecule has 1 N–H and O–H groups in total. The minimum Gasteiger partial charge on any atom is -0.441 e. The highest BCUT2D eigenvalue weighted by Gasteiger charge is 2.44. The Morgan fingerprint density at radius 1 is 1.03 bits per heavy atom. The minimum absolute atomic E-state index is 0.281. The molecule has 1 saturated carbocycles. The van der Waals surface area contributed by atoms with Crippen LogP contribution >= 0.6 is 23.2 Å². The second kappa shape index (κ2) is 9.69. The zero-order valence-corrected chi connectivity index (χ0v) is 20.9. The summed E-state index contributed by atoms with van der Waals surface area (Å²) >= 11 is 12.5. The van der Waals surface area contributed by atoms with Crippen LogP contribution in [0.3, 0.4) is 0 Å². The zero-order valence-electron chi connectivity index (χ0n) is 19.4. The van der Waals surface area contributed by atoms with Crippen LogP contribution in [-0.4, -0.2) is 15.9 Å². The van der Waals surface area contributed by atoms with Crippen LogP contribution in [0, 0.1) is 11.3 Å². The molecule has 1 aliphatic carbocycles. The highest BCUT2D eigenvalue weighted by molar-refractivity contribution is 6.33. The fourth-order valence-electron chi connectivity index (χ4n) is 4.16. The predicted octanol–water partition coefficient (Wildman–Crippen LogP) is 7.71. The van der Waals surface area contributed by atoms with Gasteiger partial charge in [-0.2, -0.15) is 10.4 Å². The monoisotopic (exact) mass is 516 g/mol. The number of amides is 1. The molecule has 1 fully saturated rings. The molecule has 8 heteroatoms. The summed E-state index contributed by atoms with van der Waals surface area (Å²) in [6.45, 7) is 1.75. The lowest BCUT2D eigenvalue weighted by Gasteiger charge is -2.16. The first-order chi connectivity index (χ1) is 17.4. The third kappa shape index (κ3) is 4.68. The van der Waals surface area contributed by atoms with Gasteiger partial charge in [0.15, 0.2) is 5.82 Å². The fourth-order valence-corrected chi connectivity index (χ4v) is 4.62. The van der Waals surface area contributed by atoms with Gasteiger partial charge in [-0.3, -0.25) is 5.32 Å². The molecule has 1 amide bonds. The average molecular weight is 517 g/mol. The Balaban J connectivity index is 1.31. The molecule has 0 bridgehead atoms. The van der Waals surface area contributed by atoms with Crippen LogP contribution in [0.1, 0.15) is 37.0 Å². The lowest BCUT2D eigenvalue weighted by atomic mass is 9.95. The summed E-state index contributed by atoms with van der Waals surface area (Å²) in [5.41, 5.74) is 4.27. The van der Waals surface area contributed by atoms with E-state index in [0.29, 0.717) is 16.4 Å². The van der Waals surface area contributed by atoms with Crippen molar-refractivity contribution in [3.8, 4) is 22.9 Å². The van der Waals surface area contributed by atoms with Crippen LogP contribution in [-0.2, 0) is 10.2 Å². The molecule has 0 aliphatic heterocycles. The molecule has 1 heterocycles. The number of nitriles is 1. The molecule has 3 aromatic carbocycles. The summed E-state index contributed by atoms with van der Waals surface area (Å²) in [7, 11) is 0. The zero-order chi connectivity index (χ0) is 25.3. The number of rotatable bonds is 6. The SMILES string of the molecule is CC(OC(=O)Nc1c(Cl)cnn1-c1ccc(-c2ccc(C3(C#N)CC3)cc2)cc1)c1ccccc1Cl. The summed E-state index contributed by atoms with van der Waals surface area (Å²) in [6.07, 6.45) is 2.08. The van der Waals surface area contributed by atoms with E-state index in [1.807, 2.05) is 60.7 Å². The second-order valence-electron chi connectivity index (χ2n) is 8.77. The molecular weight excluding hydrogens is 495 g/mol. The molecule has 180 valence electrons. The Kier molecular flexibility index (Phi) is 6.44. The van der Waals surface area contributed by atoms with Gasteiger partial charge >= 0.3 is 6.09 Å². The molecule has 0 saturated heterocycles. The maximum atomic E-state index is 12.6. The molecule has 1 unspecified atom stereocenters. The van der Waals surface area contributed by atoms with E-state index in [1.165, 1.54) is 6.20 Å². The van der Waals surface area contributed by atoms with E-state index in [-0.39, 0.29) is 10.4 Å². The highest BCUT2D eigenvalue weighted by Crippen LogP contribution is 2.47. The summed E-state index contributed by atoms with van der Waals surface area (Å²) in [5.74, 6) is 0.302. The standard InChI is InChI=1S/C28H22Cl2N4O2/c1-18(23-4-2-3-5-24(23)29)36-27(35)33-26-25(30)16-32-34(26)22-12-8-20(9-13-22)19-6-10-21(11-7-19)28(17-31)14-15-28/h2-13,16,18H,14-15H2,1H3,(H,33,35). The first-order valence-corrected chi connectivity index (χ1v) is 12.2. The van der Waals surface area contributed by atoms with Crippen molar-refractivity contribution >= 4 is 35.1 Å². The van der Waals surface area contributed by atoms with Crippen molar-refractivity contribution in [3.63, 3.8) is 0 Å². The summed E-state index contributed by atoms with van der Waals surface area (Å²) < 4.78 is 7.05. The predicted molar refractivity (Wildman–Crippen MR) is 141 cm³/mol. The van der Waals surface area contributed by atoms with Crippen LogP contribution in [0.4, 0.5) is 10.6 Å². The van der Waals surface area contributed by atoms with Crippen molar-refractivity contribution in [2.75, 3.05) is 5.32 Å². The number of carbonyl (C=O) groups is 1. The van der Waals surface area contributed by atoms with E-state index >= 15 is 0 Å². The molecular formula is C28H22Cl2N4O2. The van der Waals surface area contributed by atoms with Gasteiger partial charge < -0.3 is 4.74 Å². The molecule has 4 aromatic rings. The van der Waals surface area contributed by atoms with E-state index in [0.717, 1.165) is 35.2 Å². The topological polar surface area (TPSA) is 79.9 Å². The van der Waals surface area contributed by atoms with Crippen LogP contribution in [0.15, 0.2) is 79.0 Å². The Bertz CT molecular complexity index is 1450. The van der Waals surface area contributed by atoms with Gasteiger partial charge in [-0.1, -0.05) is 77.8 Å². The van der Waals surface area contributed by atoms with Crippen molar-refractivity contribution in [1.29, 1.82) is 5.26 Å². The maximum Gasteiger partial charge on any atom is 0.413 e. The lowest BCUT2D eigenvalue weighted by molar-refractivity contribution is 0.121. The summed E-state index contributed by atoms with van der Waals surface area (Å²) in [5, 5.41) is 17.2. The molecule has 0 spiro atoms. The lowest BCUT2D eigenvalue weighted by Crippen LogP contribution is -2.18. The van der Waals surface area contributed by atoms with E-state index in [1.54, 1.807) is 23.7 Å². The van der Waals surface area contributed by atoms with Gasteiger partial charge in [0, 0.05) is 10.6 Å². The van der Waals surface area contributed by atoms with Gasteiger partial charge in [0.1, 0.15) is 11.1 Å².